The third kappa shape index (κ3) is 2.65. The molecule has 0 spiro atoms. The van der Waals surface area contributed by atoms with Gasteiger partial charge in [0.1, 0.15) is 0 Å². The predicted octanol–water partition coefficient (Wildman–Crippen LogP) is 1.62. The molecular weight excluding hydrogens is 234 g/mol. The highest BCUT2D eigenvalue weighted by Gasteiger charge is 2.04. The highest BCUT2D eigenvalue weighted by molar-refractivity contribution is 7.22. The van der Waals surface area contributed by atoms with Gasteiger partial charge in [-0.25, -0.2) is 4.98 Å². The molecule has 0 atom stereocenters. The standard InChI is InChI=1S/C9H9N3OS.ClH/c10-5-8(13)12-9-11-6-3-1-2-4-7(6)14-9;/h1-4H,5,10H2,(H,11,12,13);1H. The molecule has 80 valence electrons. The maximum Gasteiger partial charge on any atom is 0.239 e. The molecule has 15 heavy (non-hydrogen) atoms. The van der Waals surface area contributed by atoms with E-state index >= 15 is 0 Å². The predicted molar refractivity (Wildman–Crippen MR) is 64.6 cm³/mol. The fourth-order valence-electron chi connectivity index (χ4n) is 1.10. The second-order valence-corrected chi connectivity index (χ2v) is 3.77. The lowest BCUT2D eigenvalue weighted by Gasteiger charge is -1.95. The van der Waals surface area contributed by atoms with Crippen LogP contribution in [0.4, 0.5) is 5.13 Å². The summed E-state index contributed by atoms with van der Waals surface area (Å²) in [5.74, 6) is -0.218. The number of nitrogens with two attached hydrogens (primary N) is 1. The number of fused-ring (bicyclic) bond motifs is 1. The summed E-state index contributed by atoms with van der Waals surface area (Å²) in [6.45, 7) is -0.0179. The van der Waals surface area contributed by atoms with Gasteiger partial charge in [0.05, 0.1) is 16.8 Å². The van der Waals surface area contributed by atoms with Crippen LogP contribution in [-0.4, -0.2) is 17.4 Å². The maximum absolute atomic E-state index is 11.0. The Morgan fingerprint density at radius 1 is 1.47 bits per heavy atom. The van der Waals surface area contributed by atoms with Crippen molar-refractivity contribution in [2.75, 3.05) is 11.9 Å². The Morgan fingerprint density at radius 3 is 2.87 bits per heavy atom. The van der Waals surface area contributed by atoms with Crippen LogP contribution in [0.3, 0.4) is 0 Å². The lowest BCUT2D eigenvalue weighted by molar-refractivity contribution is -0.114. The Morgan fingerprint density at radius 2 is 2.20 bits per heavy atom. The van der Waals surface area contributed by atoms with Crippen LogP contribution in [0.2, 0.25) is 0 Å². The van der Waals surface area contributed by atoms with Crippen LogP contribution in [0, 0.1) is 0 Å². The molecule has 0 unspecified atom stereocenters. The molecule has 4 nitrogen and oxygen atoms in total. The van der Waals surface area contributed by atoms with Crippen molar-refractivity contribution in [1.29, 1.82) is 0 Å². The van der Waals surface area contributed by atoms with E-state index in [1.165, 1.54) is 11.3 Å². The number of thiazole rings is 1. The van der Waals surface area contributed by atoms with Gasteiger partial charge in [0, 0.05) is 0 Å². The summed E-state index contributed by atoms with van der Waals surface area (Å²) in [5, 5.41) is 3.22. The van der Waals surface area contributed by atoms with Gasteiger partial charge >= 0.3 is 0 Å². The molecule has 0 aliphatic heterocycles. The minimum atomic E-state index is -0.218. The first-order chi connectivity index (χ1) is 6.79. The molecule has 0 radical (unpaired) electrons. The number of para-hydroxylation sites is 1. The summed E-state index contributed by atoms with van der Waals surface area (Å²) in [4.78, 5) is 15.2. The van der Waals surface area contributed by atoms with Crippen LogP contribution >= 0.6 is 23.7 Å². The van der Waals surface area contributed by atoms with Crippen molar-refractivity contribution < 1.29 is 4.79 Å². The van der Waals surface area contributed by atoms with Crippen molar-refractivity contribution in [3.05, 3.63) is 24.3 Å². The Hall–Kier alpha value is -1.17. The zero-order valence-electron chi connectivity index (χ0n) is 7.77. The Kier molecular flexibility index (Phi) is 4.02. The van der Waals surface area contributed by atoms with E-state index in [1.807, 2.05) is 24.3 Å². The Labute approximate surface area is 96.9 Å². The van der Waals surface area contributed by atoms with E-state index < -0.39 is 0 Å². The minimum absolute atomic E-state index is 0. The molecule has 1 aromatic carbocycles. The summed E-state index contributed by atoms with van der Waals surface area (Å²) < 4.78 is 1.06. The van der Waals surface area contributed by atoms with Crippen LogP contribution in [0.1, 0.15) is 0 Å². The molecule has 0 aliphatic carbocycles. The highest BCUT2D eigenvalue weighted by Crippen LogP contribution is 2.24. The largest absolute Gasteiger partial charge is 0.322 e. The zero-order valence-corrected chi connectivity index (χ0v) is 9.40. The Bertz CT molecular complexity index is 438. The quantitative estimate of drug-likeness (QED) is 0.842. The van der Waals surface area contributed by atoms with Crippen molar-refractivity contribution >= 4 is 45.0 Å². The maximum atomic E-state index is 11.0. The molecule has 6 heteroatoms. The molecule has 1 amide bonds. The number of halogens is 1. The number of carbonyl (C=O) groups is 1. The molecule has 1 aromatic heterocycles. The average molecular weight is 244 g/mol. The molecule has 0 saturated carbocycles. The number of carbonyl (C=O) groups excluding carboxylic acids is 1. The monoisotopic (exact) mass is 243 g/mol. The van der Waals surface area contributed by atoms with Crippen molar-refractivity contribution in [3.8, 4) is 0 Å². The van der Waals surface area contributed by atoms with Gasteiger partial charge in [-0.1, -0.05) is 23.5 Å². The number of nitrogens with one attached hydrogen (secondary N) is 1. The molecule has 0 aliphatic rings. The number of nitrogens with zero attached hydrogens (tertiary/aromatic N) is 1. The molecule has 2 aromatic rings. The van der Waals surface area contributed by atoms with Gasteiger partial charge < -0.3 is 11.1 Å². The summed E-state index contributed by atoms with van der Waals surface area (Å²) >= 11 is 1.44. The zero-order chi connectivity index (χ0) is 9.97. The summed E-state index contributed by atoms with van der Waals surface area (Å²) in [7, 11) is 0. The lowest BCUT2D eigenvalue weighted by Crippen LogP contribution is -2.21. The fraction of sp³-hybridized carbons (Fsp3) is 0.111. The third-order valence-corrected chi connectivity index (χ3v) is 2.68. The number of hydrogen-bond acceptors (Lipinski definition) is 4. The van der Waals surface area contributed by atoms with Crippen LogP contribution < -0.4 is 11.1 Å². The molecule has 0 bridgehead atoms. The first-order valence-electron chi connectivity index (χ1n) is 4.15. The van der Waals surface area contributed by atoms with Crippen molar-refractivity contribution in [1.82, 2.24) is 4.98 Å². The van der Waals surface area contributed by atoms with E-state index in [2.05, 4.69) is 10.3 Å². The van der Waals surface area contributed by atoms with Gasteiger partial charge in [0.25, 0.3) is 0 Å². The van der Waals surface area contributed by atoms with Gasteiger partial charge in [0.2, 0.25) is 5.91 Å². The summed E-state index contributed by atoms with van der Waals surface area (Å²) in [6.07, 6.45) is 0. The van der Waals surface area contributed by atoms with E-state index in [0.717, 1.165) is 10.2 Å². The van der Waals surface area contributed by atoms with Crippen molar-refractivity contribution in [2.45, 2.75) is 0 Å². The van der Waals surface area contributed by atoms with Crippen LogP contribution in [0.5, 0.6) is 0 Å². The van der Waals surface area contributed by atoms with Crippen LogP contribution in [0.15, 0.2) is 24.3 Å². The first kappa shape index (κ1) is 11.9. The van der Waals surface area contributed by atoms with Gasteiger partial charge in [-0.2, -0.15) is 0 Å². The molecule has 1 heterocycles. The average Bonchev–Trinajstić information content (AvgIpc) is 2.59. The second-order valence-electron chi connectivity index (χ2n) is 2.74. The van der Waals surface area contributed by atoms with E-state index in [9.17, 15) is 4.79 Å². The van der Waals surface area contributed by atoms with Gasteiger partial charge in [-0.05, 0) is 12.1 Å². The van der Waals surface area contributed by atoms with Gasteiger partial charge in [-0.15, -0.1) is 12.4 Å². The van der Waals surface area contributed by atoms with E-state index in [4.69, 9.17) is 5.73 Å². The summed E-state index contributed by atoms with van der Waals surface area (Å²) in [6, 6.07) is 7.72. The molecule has 3 N–H and O–H groups in total. The molecule has 0 saturated heterocycles. The SMILES string of the molecule is Cl.NCC(=O)Nc1nc2ccccc2s1. The van der Waals surface area contributed by atoms with Gasteiger partial charge in [0.15, 0.2) is 5.13 Å². The number of rotatable bonds is 2. The number of aromatic nitrogens is 1. The number of anilines is 1. The number of hydrogen-bond donors (Lipinski definition) is 2. The number of benzene rings is 1. The summed E-state index contributed by atoms with van der Waals surface area (Å²) in [5.41, 5.74) is 6.07. The fourth-order valence-corrected chi connectivity index (χ4v) is 1.98. The molecular formula is C9H10ClN3OS. The normalized spacial score (nSPS) is 9.67. The second kappa shape index (κ2) is 5.06. The Balaban J connectivity index is 0.00000112. The first-order valence-corrected chi connectivity index (χ1v) is 4.97. The van der Waals surface area contributed by atoms with E-state index in [-0.39, 0.29) is 24.9 Å². The topological polar surface area (TPSA) is 68.0 Å². The van der Waals surface area contributed by atoms with Crippen molar-refractivity contribution in [2.24, 2.45) is 5.73 Å². The van der Waals surface area contributed by atoms with Crippen LogP contribution in [0.25, 0.3) is 10.2 Å². The van der Waals surface area contributed by atoms with Crippen LogP contribution in [-0.2, 0) is 4.79 Å². The smallest absolute Gasteiger partial charge is 0.239 e. The van der Waals surface area contributed by atoms with Gasteiger partial charge in [-0.3, -0.25) is 4.79 Å². The van der Waals surface area contributed by atoms with E-state index in [0.29, 0.717) is 5.13 Å². The molecule has 2 rings (SSSR count). The third-order valence-electron chi connectivity index (χ3n) is 1.73. The highest BCUT2D eigenvalue weighted by atomic mass is 35.5. The minimum Gasteiger partial charge on any atom is -0.322 e. The molecule has 0 fully saturated rings. The lowest BCUT2D eigenvalue weighted by atomic mass is 10.3. The van der Waals surface area contributed by atoms with E-state index in [1.54, 1.807) is 0 Å². The number of amides is 1. The van der Waals surface area contributed by atoms with Crippen molar-refractivity contribution in [3.63, 3.8) is 0 Å².